The molecular weight excluding hydrogens is 354 g/mol. The number of fused-ring (bicyclic) bond motifs is 1. The lowest BCUT2D eigenvalue weighted by atomic mass is 10.2. The zero-order chi connectivity index (χ0) is 18.1. The maximum Gasteiger partial charge on any atom is 0.356 e. The Kier molecular flexibility index (Phi) is 4.02. The summed E-state index contributed by atoms with van der Waals surface area (Å²) in [5.41, 5.74) is 1.11. The second kappa shape index (κ2) is 6.50. The fourth-order valence-corrected chi connectivity index (χ4v) is 2.79. The number of pyridine rings is 1. The predicted molar refractivity (Wildman–Crippen MR) is 97.4 cm³/mol. The zero-order valence-electron chi connectivity index (χ0n) is 13.3. The molecule has 0 spiro atoms. The number of benzene rings is 2. The van der Waals surface area contributed by atoms with Crippen LogP contribution in [0.4, 0.5) is 0 Å². The lowest BCUT2D eigenvalue weighted by Gasteiger charge is -2.08. The summed E-state index contributed by atoms with van der Waals surface area (Å²) in [6.45, 7) is 0. The minimum Gasteiger partial charge on any atom is -0.476 e. The molecule has 0 aliphatic rings. The fraction of sp³-hybridized carbons (Fsp3) is 0. The largest absolute Gasteiger partial charge is 0.476 e. The van der Waals surface area contributed by atoms with Gasteiger partial charge < -0.3 is 9.84 Å². The molecule has 0 saturated carbocycles. The highest BCUT2D eigenvalue weighted by molar-refractivity contribution is 6.35. The van der Waals surface area contributed by atoms with Gasteiger partial charge in [0.1, 0.15) is 22.5 Å². The smallest absolute Gasteiger partial charge is 0.356 e. The van der Waals surface area contributed by atoms with Gasteiger partial charge in [0, 0.05) is 6.20 Å². The van der Waals surface area contributed by atoms with Crippen LogP contribution in [0.2, 0.25) is 5.02 Å². The van der Waals surface area contributed by atoms with E-state index in [1.54, 1.807) is 30.3 Å². The SMILES string of the molecule is O=C(O)c1c2nccc(Cl)c2nn1-c1ccc(Oc2ccccc2)cc1. The number of aromatic carboxylic acids is 1. The molecule has 0 aliphatic carbocycles. The van der Waals surface area contributed by atoms with E-state index in [-0.39, 0.29) is 11.2 Å². The Bertz CT molecular complexity index is 1090. The van der Waals surface area contributed by atoms with E-state index in [4.69, 9.17) is 16.3 Å². The van der Waals surface area contributed by atoms with Gasteiger partial charge in [-0.25, -0.2) is 9.48 Å². The number of carbonyl (C=O) groups is 1. The Morgan fingerprint density at radius 1 is 0.962 bits per heavy atom. The van der Waals surface area contributed by atoms with Gasteiger partial charge in [0.05, 0.1) is 10.7 Å². The molecule has 128 valence electrons. The maximum atomic E-state index is 11.7. The molecule has 7 heteroatoms. The minimum atomic E-state index is -1.13. The van der Waals surface area contributed by atoms with Crippen LogP contribution in [0, 0.1) is 0 Å². The molecule has 0 saturated heterocycles. The van der Waals surface area contributed by atoms with Gasteiger partial charge in [-0.2, -0.15) is 5.10 Å². The Morgan fingerprint density at radius 3 is 2.35 bits per heavy atom. The zero-order valence-corrected chi connectivity index (χ0v) is 14.1. The second-order valence-corrected chi connectivity index (χ2v) is 5.87. The molecule has 0 aliphatic heterocycles. The van der Waals surface area contributed by atoms with Crippen LogP contribution in [0.5, 0.6) is 11.5 Å². The summed E-state index contributed by atoms with van der Waals surface area (Å²) >= 11 is 6.12. The Morgan fingerprint density at radius 2 is 1.65 bits per heavy atom. The molecule has 1 N–H and O–H groups in total. The monoisotopic (exact) mass is 365 g/mol. The number of nitrogens with zero attached hydrogens (tertiary/aromatic N) is 3. The lowest BCUT2D eigenvalue weighted by molar-refractivity contribution is 0.0689. The molecule has 0 radical (unpaired) electrons. The molecule has 26 heavy (non-hydrogen) atoms. The molecule has 2 aromatic heterocycles. The second-order valence-electron chi connectivity index (χ2n) is 5.46. The van der Waals surface area contributed by atoms with Gasteiger partial charge in [0.15, 0.2) is 5.69 Å². The van der Waals surface area contributed by atoms with Gasteiger partial charge in [0.25, 0.3) is 0 Å². The predicted octanol–water partition coefficient (Wildman–Crippen LogP) is 4.56. The third-order valence-electron chi connectivity index (χ3n) is 3.77. The van der Waals surface area contributed by atoms with Gasteiger partial charge >= 0.3 is 5.97 Å². The summed E-state index contributed by atoms with van der Waals surface area (Å²) in [6, 6.07) is 17.9. The summed E-state index contributed by atoms with van der Waals surface area (Å²) in [6.07, 6.45) is 1.46. The first-order valence-corrected chi connectivity index (χ1v) is 8.11. The van der Waals surface area contributed by atoms with Crippen molar-refractivity contribution in [1.82, 2.24) is 14.8 Å². The third kappa shape index (κ3) is 2.87. The van der Waals surface area contributed by atoms with Crippen molar-refractivity contribution in [3.05, 3.63) is 77.6 Å². The van der Waals surface area contributed by atoms with E-state index in [9.17, 15) is 9.90 Å². The molecule has 4 rings (SSSR count). The first kappa shape index (κ1) is 16.1. The van der Waals surface area contributed by atoms with Gasteiger partial charge in [-0.15, -0.1) is 0 Å². The van der Waals surface area contributed by atoms with Gasteiger partial charge in [-0.1, -0.05) is 29.8 Å². The number of hydrogen-bond donors (Lipinski definition) is 1. The molecule has 2 heterocycles. The van der Waals surface area contributed by atoms with Crippen LogP contribution in [0.1, 0.15) is 10.5 Å². The summed E-state index contributed by atoms with van der Waals surface area (Å²) < 4.78 is 7.06. The maximum absolute atomic E-state index is 11.7. The summed E-state index contributed by atoms with van der Waals surface area (Å²) in [5.74, 6) is 0.212. The molecule has 0 unspecified atom stereocenters. The van der Waals surface area contributed by atoms with Crippen molar-refractivity contribution in [2.24, 2.45) is 0 Å². The van der Waals surface area contributed by atoms with Crippen LogP contribution in [0.3, 0.4) is 0 Å². The molecule has 2 aromatic carbocycles. The summed E-state index contributed by atoms with van der Waals surface area (Å²) in [4.78, 5) is 15.8. The summed E-state index contributed by atoms with van der Waals surface area (Å²) in [5, 5.41) is 14.3. The highest BCUT2D eigenvalue weighted by atomic mass is 35.5. The summed E-state index contributed by atoms with van der Waals surface area (Å²) in [7, 11) is 0. The molecule has 0 fully saturated rings. The Balaban J connectivity index is 1.75. The van der Waals surface area contributed by atoms with E-state index >= 15 is 0 Å². The average molecular weight is 366 g/mol. The normalized spacial score (nSPS) is 10.8. The highest BCUT2D eigenvalue weighted by Gasteiger charge is 2.21. The minimum absolute atomic E-state index is 0.0424. The lowest BCUT2D eigenvalue weighted by Crippen LogP contribution is -2.08. The molecular formula is C19H12ClN3O3. The van der Waals surface area contributed by atoms with Crippen LogP contribution < -0.4 is 4.74 Å². The van der Waals surface area contributed by atoms with Crippen molar-refractivity contribution in [1.29, 1.82) is 0 Å². The van der Waals surface area contributed by atoms with E-state index < -0.39 is 5.97 Å². The van der Waals surface area contributed by atoms with Crippen molar-refractivity contribution >= 4 is 28.6 Å². The number of carboxylic acid groups (broad SMARTS) is 1. The topological polar surface area (TPSA) is 77.2 Å². The van der Waals surface area contributed by atoms with Crippen LogP contribution in [0.25, 0.3) is 16.7 Å². The highest BCUT2D eigenvalue weighted by Crippen LogP contribution is 2.27. The number of ether oxygens (including phenoxy) is 1. The molecule has 6 nitrogen and oxygen atoms in total. The number of carboxylic acids is 1. The molecule has 0 atom stereocenters. The van der Waals surface area contributed by atoms with Crippen LogP contribution in [-0.2, 0) is 0 Å². The van der Waals surface area contributed by atoms with E-state index in [2.05, 4.69) is 10.1 Å². The van der Waals surface area contributed by atoms with Gasteiger partial charge in [-0.05, 0) is 42.5 Å². The fourth-order valence-electron chi connectivity index (χ4n) is 2.61. The van der Waals surface area contributed by atoms with E-state index in [1.165, 1.54) is 10.9 Å². The van der Waals surface area contributed by atoms with Gasteiger partial charge in [0.2, 0.25) is 0 Å². The van der Waals surface area contributed by atoms with Crippen LogP contribution >= 0.6 is 11.6 Å². The van der Waals surface area contributed by atoms with Crippen LogP contribution in [0.15, 0.2) is 66.9 Å². The standard InChI is InChI=1S/C19H12ClN3O3/c20-15-10-11-21-17-16(15)22-23(18(17)19(24)25)12-6-8-14(9-7-12)26-13-4-2-1-3-5-13/h1-11H,(H,24,25). The van der Waals surface area contributed by atoms with E-state index in [0.29, 0.717) is 27.7 Å². The van der Waals surface area contributed by atoms with Crippen molar-refractivity contribution in [3.63, 3.8) is 0 Å². The number of para-hydroxylation sites is 1. The van der Waals surface area contributed by atoms with E-state index in [1.807, 2.05) is 30.3 Å². The first-order chi connectivity index (χ1) is 12.6. The quantitative estimate of drug-likeness (QED) is 0.573. The van der Waals surface area contributed by atoms with Crippen LogP contribution in [-0.4, -0.2) is 25.8 Å². The van der Waals surface area contributed by atoms with Crippen molar-refractivity contribution in [2.75, 3.05) is 0 Å². The van der Waals surface area contributed by atoms with Crippen molar-refractivity contribution < 1.29 is 14.6 Å². The average Bonchev–Trinajstić information content (AvgIpc) is 3.04. The van der Waals surface area contributed by atoms with Crippen molar-refractivity contribution in [3.8, 4) is 17.2 Å². The number of halogens is 1. The number of aromatic nitrogens is 3. The number of rotatable bonds is 4. The third-order valence-corrected chi connectivity index (χ3v) is 4.08. The molecule has 4 aromatic rings. The first-order valence-electron chi connectivity index (χ1n) is 7.73. The Labute approximate surface area is 153 Å². The van der Waals surface area contributed by atoms with Crippen molar-refractivity contribution in [2.45, 2.75) is 0 Å². The van der Waals surface area contributed by atoms with Gasteiger partial charge in [-0.3, -0.25) is 4.98 Å². The van der Waals surface area contributed by atoms with E-state index in [0.717, 1.165) is 0 Å². The Hall–Kier alpha value is -3.38. The number of hydrogen-bond acceptors (Lipinski definition) is 4. The molecule has 0 amide bonds. The molecule has 0 bridgehead atoms.